The van der Waals surface area contributed by atoms with E-state index in [2.05, 4.69) is 5.32 Å². The number of carbonyl (C=O) groups excluding carboxylic acids is 1. The predicted molar refractivity (Wildman–Crippen MR) is 92.1 cm³/mol. The molecule has 0 heterocycles. The van der Waals surface area contributed by atoms with E-state index in [1.54, 1.807) is 24.3 Å². The minimum absolute atomic E-state index is 0.209. The Balaban J connectivity index is 1.72. The van der Waals surface area contributed by atoms with Crippen LogP contribution in [0.25, 0.3) is 0 Å². The highest BCUT2D eigenvalue weighted by Gasteiger charge is 2.19. The van der Waals surface area contributed by atoms with Gasteiger partial charge in [0, 0.05) is 6.54 Å². The van der Waals surface area contributed by atoms with Gasteiger partial charge in [-0.05, 0) is 37.8 Å². The molecule has 0 spiro atoms. The van der Waals surface area contributed by atoms with Gasteiger partial charge < -0.3 is 5.32 Å². The zero-order valence-corrected chi connectivity index (χ0v) is 14.7. The monoisotopic (exact) mass is 337 g/mol. The van der Waals surface area contributed by atoms with Crippen LogP contribution in [0.3, 0.4) is 0 Å². The number of hydrogen-bond acceptors (Lipinski definition) is 3. The molecular weight excluding hydrogens is 310 g/mol. The van der Waals surface area contributed by atoms with Gasteiger partial charge in [0.15, 0.2) is 9.84 Å². The maximum absolute atomic E-state index is 12.2. The van der Waals surface area contributed by atoms with Crippen molar-refractivity contribution in [3.63, 3.8) is 0 Å². The van der Waals surface area contributed by atoms with Gasteiger partial charge in [-0.15, -0.1) is 0 Å². The van der Waals surface area contributed by atoms with Crippen LogP contribution in [0.5, 0.6) is 0 Å². The molecule has 128 valence electrons. The van der Waals surface area contributed by atoms with Gasteiger partial charge in [0.1, 0.15) is 5.75 Å². The molecule has 23 heavy (non-hydrogen) atoms. The molecule has 0 aliphatic heterocycles. The Morgan fingerprint density at radius 3 is 2.43 bits per heavy atom. The van der Waals surface area contributed by atoms with Crippen LogP contribution in [0.4, 0.5) is 0 Å². The standard InChI is InChI=1S/C18H27NO3S/c1-15-9-11-17(12-10-15)23(21,22)14-18(20)19-13-5-8-16-6-3-2-4-7-16/h9-12,16H,2-8,13-14H2,1H3,(H,19,20). The van der Waals surface area contributed by atoms with Crippen LogP contribution in [0.2, 0.25) is 0 Å². The topological polar surface area (TPSA) is 63.2 Å². The summed E-state index contributed by atoms with van der Waals surface area (Å²) in [5.74, 6) is -0.0920. The van der Waals surface area contributed by atoms with Gasteiger partial charge in [-0.3, -0.25) is 4.79 Å². The second kappa shape index (κ2) is 8.48. The lowest BCUT2D eigenvalue weighted by atomic mass is 9.86. The maximum Gasteiger partial charge on any atom is 0.235 e. The van der Waals surface area contributed by atoms with Crippen LogP contribution in [0.1, 0.15) is 50.5 Å². The molecule has 1 aliphatic carbocycles. The fraction of sp³-hybridized carbons (Fsp3) is 0.611. The Morgan fingerprint density at radius 2 is 1.78 bits per heavy atom. The first-order chi connectivity index (χ1) is 11.0. The lowest BCUT2D eigenvalue weighted by molar-refractivity contribution is -0.118. The molecule has 0 saturated heterocycles. The van der Waals surface area contributed by atoms with Crippen molar-refractivity contribution < 1.29 is 13.2 Å². The molecule has 1 saturated carbocycles. The van der Waals surface area contributed by atoms with Crippen molar-refractivity contribution in [1.29, 1.82) is 0 Å². The van der Waals surface area contributed by atoms with Crippen molar-refractivity contribution in [2.24, 2.45) is 5.92 Å². The largest absolute Gasteiger partial charge is 0.355 e. The van der Waals surface area contributed by atoms with Crippen LogP contribution in [-0.2, 0) is 14.6 Å². The highest BCUT2D eigenvalue weighted by atomic mass is 32.2. The molecular formula is C18H27NO3S. The lowest BCUT2D eigenvalue weighted by Gasteiger charge is -2.21. The van der Waals surface area contributed by atoms with Crippen molar-refractivity contribution in [1.82, 2.24) is 5.32 Å². The first-order valence-corrected chi connectivity index (χ1v) is 10.2. The number of aryl methyl sites for hydroxylation is 1. The van der Waals surface area contributed by atoms with E-state index in [-0.39, 0.29) is 4.90 Å². The van der Waals surface area contributed by atoms with Crippen molar-refractivity contribution in [2.75, 3.05) is 12.3 Å². The third kappa shape index (κ3) is 5.98. The van der Waals surface area contributed by atoms with Gasteiger partial charge in [0.25, 0.3) is 0 Å². The number of amides is 1. The molecule has 0 aromatic heterocycles. The molecule has 0 bridgehead atoms. The Bertz CT molecular complexity index is 602. The van der Waals surface area contributed by atoms with Crippen LogP contribution in [0.15, 0.2) is 29.2 Å². The van der Waals surface area contributed by atoms with Gasteiger partial charge in [0.05, 0.1) is 4.90 Å². The Morgan fingerprint density at radius 1 is 1.13 bits per heavy atom. The SMILES string of the molecule is Cc1ccc(S(=O)(=O)CC(=O)NCCCC2CCCCC2)cc1. The molecule has 1 fully saturated rings. The van der Waals surface area contributed by atoms with E-state index in [0.29, 0.717) is 6.54 Å². The van der Waals surface area contributed by atoms with Crippen molar-refractivity contribution >= 4 is 15.7 Å². The summed E-state index contributed by atoms with van der Waals surface area (Å²) >= 11 is 0. The first-order valence-electron chi connectivity index (χ1n) is 8.53. The molecule has 0 unspecified atom stereocenters. The van der Waals surface area contributed by atoms with Gasteiger partial charge in [-0.25, -0.2) is 8.42 Å². The van der Waals surface area contributed by atoms with E-state index >= 15 is 0 Å². The zero-order chi connectivity index (χ0) is 16.7. The maximum atomic E-state index is 12.2. The number of rotatable bonds is 7. The van der Waals surface area contributed by atoms with Crippen LogP contribution < -0.4 is 5.32 Å². The number of carbonyl (C=O) groups is 1. The summed E-state index contributed by atoms with van der Waals surface area (Å²) in [6.07, 6.45) is 8.67. The van der Waals surface area contributed by atoms with Gasteiger partial charge >= 0.3 is 0 Å². The summed E-state index contributed by atoms with van der Waals surface area (Å²) in [6, 6.07) is 6.60. The summed E-state index contributed by atoms with van der Waals surface area (Å²) in [5, 5.41) is 2.74. The number of nitrogens with one attached hydrogen (secondary N) is 1. The third-order valence-corrected chi connectivity index (χ3v) is 6.17. The Hall–Kier alpha value is -1.36. The Labute approximate surface area is 139 Å². The van der Waals surface area contributed by atoms with Crippen LogP contribution in [-0.4, -0.2) is 26.6 Å². The molecule has 1 N–H and O–H groups in total. The Kier molecular flexibility index (Phi) is 6.63. The first kappa shape index (κ1) is 18.0. The van der Waals surface area contributed by atoms with E-state index < -0.39 is 21.5 Å². The fourth-order valence-electron chi connectivity index (χ4n) is 3.15. The predicted octanol–water partition coefficient (Wildman–Crippen LogP) is 3.25. The molecule has 2 rings (SSSR count). The summed E-state index contributed by atoms with van der Waals surface area (Å²) in [4.78, 5) is 12.1. The van der Waals surface area contributed by atoms with Gasteiger partial charge in [0.2, 0.25) is 5.91 Å². The van der Waals surface area contributed by atoms with Gasteiger partial charge in [-0.1, -0.05) is 49.8 Å². The normalized spacial score (nSPS) is 16.2. The van der Waals surface area contributed by atoms with E-state index in [1.807, 2.05) is 6.92 Å². The molecule has 4 nitrogen and oxygen atoms in total. The van der Waals surface area contributed by atoms with E-state index in [9.17, 15) is 13.2 Å². The average molecular weight is 337 g/mol. The zero-order valence-electron chi connectivity index (χ0n) is 13.9. The van der Waals surface area contributed by atoms with Crippen molar-refractivity contribution in [2.45, 2.75) is 56.8 Å². The summed E-state index contributed by atoms with van der Waals surface area (Å²) in [7, 11) is -3.55. The molecule has 1 amide bonds. The fourth-order valence-corrected chi connectivity index (χ4v) is 4.31. The summed E-state index contributed by atoms with van der Waals surface area (Å²) in [5.41, 5.74) is 0.996. The highest BCUT2D eigenvalue weighted by Crippen LogP contribution is 2.26. The molecule has 0 atom stereocenters. The minimum Gasteiger partial charge on any atom is -0.355 e. The minimum atomic E-state index is -3.55. The number of sulfone groups is 1. The molecule has 1 aliphatic rings. The van der Waals surface area contributed by atoms with Gasteiger partial charge in [-0.2, -0.15) is 0 Å². The molecule has 0 radical (unpaired) electrons. The molecule has 1 aromatic rings. The van der Waals surface area contributed by atoms with E-state index in [0.717, 1.165) is 24.3 Å². The third-order valence-electron chi connectivity index (χ3n) is 4.54. The van der Waals surface area contributed by atoms with Crippen molar-refractivity contribution in [3.8, 4) is 0 Å². The second-order valence-electron chi connectivity index (χ2n) is 6.57. The summed E-state index contributed by atoms with van der Waals surface area (Å²) in [6.45, 7) is 2.47. The quantitative estimate of drug-likeness (QED) is 0.777. The highest BCUT2D eigenvalue weighted by molar-refractivity contribution is 7.92. The van der Waals surface area contributed by atoms with Crippen LogP contribution in [0, 0.1) is 12.8 Å². The molecule has 1 aromatic carbocycles. The van der Waals surface area contributed by atoms with E-state index in [1.165, 1.54) is 32.1 Å². The lowest BCUT2D eigenvalue weighted by Crippen LogP contribution is -2.31. The second-order valence-corrected chi connectivity index (χ2v) is 8.56. The number of hydrogen-bond donors (Lipinski definition) is 1. The van der Waals surface area contributed by atoms with Crippen molar-refractivity contribution in [3.05, 3.63) is 29.8 Å². The van der Waals surface area contributed by atoms with Crippen LogP contribution >= 0.6 is 0 Å². The average Bonchev–Trinajstić information content (AvgIpc) is 2.52. The number of benzene rings is 1. The summed E-state index contributed by atoms with van der Waals surface area (Å²) < 4.78 is 24.3. The smallest absolute Gasteiger partial charge is 0.235 e. The van der Waals surface area contributed by atoms with E-state index in [4.69, 9.17) is 0 Å². The molecule has 5 heteroatoms.